The predicted octanol–water partition coefficient (Wildman–Crippen LogP) is 0.104. The van der Waals surface area contributed by atoms with Crippen LogP contribution in [0.1, 0.15) is 11.1 Å². The third kappa shape index (κ3) is 3.94. The number of hydrazine groups is 2. The van der Waals surface area contributed by atoms with Gasteiger partial charge in [-0.2, -0.15) is 0 Å². The first-order chi connectivity index (χ1) is 7.24. The highest BCUT2D eigenvalue weighted by molar-refractivity contribution is 5.72. The Kier molecular flexibility index (Phi) is 4.55. The minimum absolute atomic E-state index is 0.359. The summed E-state index contributed by atoms with van der Waals surface area (Å²) in [6.07, 6.45) is 0. The predicted molar refractivity (Wildman–Crippen MR) is 55.0 cm³/mol. The lowest BCUT2D eigenvalue weighted by molar-refractivity contribution is 0.00654. The molecule has 0 saturated heterocycles. The average molecular weight is 210 g/mol. The van der Waals surface area contributed by atoms with E-state index in [1.54, 1.807) is 0 Å². The monoisotopic (exact) mass is 210 g/mol. The average Bonchev–Trinajstić information content (AvgIpc) is 2.26. The molecular formula is C9H14N4O2. The van der Waals surface area contributed by atoms with Crippen LogP contribution in [-0.2, 0) is 11.4 Å². The molecule has 0 aromatic heterocycles. The Morgan fingerprint density at radius 1 is 1.47 bits per heavy atom. The van der Waals surface area contributed by atoms with Crippen molar-refractivity contribution in [1.29, 1.82) is 0 Å². The summed E-state index contributed by atoms with van der Waals surface area (Å²) in [7, 11) is 0. The molecule has 0 fully saturated rings. The quantitative estimate of drug-likeness (QED) is 0.246. The van der Waals surface area contributed by atoms with Crippen LogP contribution in [0, 0.1) is 6.92 Å². The van der Waals surface area contributed by atoms with Gasteiger partial charge in [-0.25, -0.2) is 16.1 Å². The first-order valence-electron chi connectivity index (χ1n) is 4.42. The molecule has 1 aromatic rings. The summed E-state index contributed by atoms with van der Waals surface area (Å²) in [4.78, 5) is 15.6. The van der Waals surface area contributed by atoms with E-state index in [2.05, 4.69) is 11.0 Å². The van der Waals surface area contributed by atoms with E-state index >= 15 is 0 Å². The number of hydrogen-bond acceptors (Lipinski definition) is 4. The highest BCUT2D eigenvalue weighted by Crippen LogP contribution is 2.06. The van der Waals surface area contributed by atoms with Crippen LogP contribution in [0.5, 0.6) is 0 Å². The van der Waals surface area contributed by atoms with Gasteiger partial charge >= 0.3 is 6.03 Å². The molecule has 0 aliphatic rings. The molecule has 15 heavy (non-hydrogen) atoms. The summed E-state index contributed by atoms with van der Waals surface area (Å²) in [5.41, 5.74) is 8.50. The topological polar surface area (TPSA) is 88.4 Å². The molecule has 0 aliphatic carbocycles. The maximum Gasteiger partial charge on any atom is 0.345 e. The molecule has 0 atom stereocenters. The molecule has 2 amide bonds. The Morgan fingerprint density at radius 2 is 2.20 bits per heavy atom. The van der Waals surface area contributed by atoms with Gasteiger partial charge in [-0.15, -0.1) is 5.59 Å². The standard InChI is InChI=1S/C9H14N4O2/c1-7-4-2-3-5-8(7)6-15-13-12-9(14)11-10/h2-5,13H,6,10H2,1H3,(H2,11,12,14). The van der Waals surface area contributed by atoms with Crippen LogP contribution in [0.25, 0.3) is 0 Å². The molecule has 6 nitrogen and oxygen atoms in total. The summed E-state index contributed by atoms with van der Waals surface area (Å²) in [6.45, 7) is 2.34. The lowest BCUT2D eigenvalue weighted by atomic mass is 10.1. The lowest BCUT2D eigenvalue weighted by Gasteiger charge is -2.08. The van der Waals surface area contributed by atoms with Gasteiger partial charge in [0, 0.05) is 0 Å². The number of carbonyl (C=O) groups excluding carboxylic acids is 1. The fourth-order valence-electron chi connectivity index (χ4n) is 1.00. The molecule has 6 heteroatoms. The van der Waals surface area contributed by atoms with Gasteiger partial charge in [0.2, 0.25) is 0 Å². The zero-order chi connectivity index (χ0) is 11.1. The molecule has 0 heterocycles. The van der Waals surface area contributed by atoms with Crippen molar-refractivity contribution in [2.75, 3.05) is 0 Å². The summed E-state index contributed by atoms with van der Waals surface area (Å²) >= 11 is 0. The van der Waals surface area contributed by atoms with Crippen molar-refractivity contribution >= 4 is 6.03 Å². The van der Waals surface area contributed by atoms with E-state index < -0.39 is 6.03 Å². The molecule has 1 rings (SSSR count). The normalized spacial score (nSPS) is 9.73. The van der Waals surface area contributed by atoms with Gasteiger partial charge in [0.05, 0.1) is 6.61 Å². The maximum absolute atomic E-state index is 10.6. The third-order valence-corrected chi connectivity index (χ3v) is 1.86. The fraction of sp³-hybridized carbons (Fsp3) is 0.222. The Hall–Kier alpha value is -1.63. The van der Waals surface area contributed by atoms with Gasteiger partial charge in [-0.1, -0.05) is 24.3 Å². The number of aryl methyl sites for hydroxylation is 1. The zero-order valence-corrected chi connectivity index (χ0v) is 8.41. The van der Waals surface area contributed by atoms with Crippen molar-refractivity contribution in [3.63, 3.8) is 0 Å². The molecule has 5 N–H and O–H groups in total. The molecule has 0 saturated carbocycles. The smallest absolute Gasteiger partial charge is 0.277 e. The van der Waals surface area contributed by atoms with E-state index in [9.17, 15) is 4.79 Å². The van der Waals surface area contributed by atoms with Crippen molar-refractivity contribution < 1.29 is 9.63 Å². The highest BCUT2D eigenvalue weighted by atomic mass is 16.7. The summed E-state index contributed by atoms with van der Waals surface area (Å²) in [5, 5.41) is 0. The van der Waals surface area contributed by atoms with E-state index in [1.807, 2.05) is 36.6 Å². The first-order valence-corrected chi connectivity index (χ1v) is 4.42. The Morgan fingerprint density at radius 3 is 2.87 bits per heavy atom. The van der Waals surface area contributed by atoms with Crippen LogP contribution >= 0.6 is 0 Å². The molecule has 1 aromatic carbocycles. The van der Waals surface area contributed by atoms with E-state index in [4.69, 9.17) is 10.7 Å². The van der Waals surface area contributed by atoms with Gasteiger partial charge in [0.15, 0.2) is 0 Å². The largest absolute Gasteiger partial charge is 0.345 e. The van der Waals surface area contributed by atoms with Crippen molar-refractivity contribution in [1.82, 2.24) is 16.4 Å². The van der Waals surface area contributed by atoms with Crippen LogP contribution in [-0.4, -0.2) is 6.03 Å². The van der Waals surface area contributed by atoms with E-state index in [-0.39, 0.29) is 0 Å². The molecule has 0 aliphatic heterocycles. The Labute approximate surface area is 87.7 Å². The molecule has 82 valence electrons. The Bertz CT molecular complexity index is 330. The first kappa shape index (κ1) is 11.4. The van der Waals surface area contributed by atoms with Crippen molar-refractivity contribution in [3.05, 3.63) is 35.4 Å². The summed E-state index contributed by atoms with van der Waals surface area (Å²) in [5.74, 6) is 4.83. The Balaban J connectivity index is 2.26. The summed E-state index contributed by atoms with van der Waals surface area (Å²) < 4.78 is 0. The molecule has 0 radical (unpaired) electrons. The van der Waals surface area contributed by atoms with E-state index in [0.717, 1.165) is 11.1 Å². The van der Waals surface area contributed by atoms with Gasteiger partial charge in [0.1, 0.15) is 0 Å². The van der Waals surface area contributed by atoms with Gasteiger partial charge in [-0.05, 0) is 18.1 Å². The van der Waals surface area contributed by atoms with Gasteiger partial charge in [-0.3, -0.25) is 10.3 Å². The van der Waals surface area contributed by atoms with Gasteiger partial charge in [0.25, 0.3) is 0 Å². The van der Waals surface area contributed by atoms with Crippen LogP contribution in [0.4, 0.5) is 4.79 Å². The highest BCUT2D eigenvalue weighted by Gasteiger charge is 1.97. The minimum atomic E-state index is -0.570. The van der Waals surface area contributed by atoms with Crippen LogP contribution in [0.15, 0.2) is 24.3 Å². The zero-order valence-electron chi connectivity index (χ0n) is 8.41. The molecule has 0 unspecified atom stereocenters. The lowest BCUT2D eigenvalue weighted by Crippen LogP contribution is -2.46. The second-order valence-corrected chi connectivity index (χ2v) is 2.92. The molecule has 0 bridgehead atoms. The SMILES string of the molecule is Cc1ccccc1CONNC(=O)NN. The number of rotatable bonds is 4. The second kappa shape index (κ2) is 5.97. The maximum atomic E-state index is 10.6. The number of nitrogens with two attached hydrogens (primary N) is 1. The van der Waals surface area contributed by atoms with Crippen molar-refractivity contribution in [3.8, 4) is 0 Å². The number of hydrogen-bond donors (Lipinski definition) is 4. The number of nitrogens with one attached hydrogen (secondary N) is 3. The van der Waals surface area contributed by atoms with Crippen LogP contribution < -0.4 is 22.3 Å². The number of urea groups is 1. The van der Waals surface area contributed by atoms with Crippen molar-refractivity contribution in [2.45, 2.75) is 13.5 Å². The van der Waals surface area contributed by atoms with Crippen molar-refractivity contribution in [2.24, 2.45) is 5.84 Å². The minimum Gasteiger partial charge on any atom is -0.277 e. The van der Waals surface area contributed by atoms with E-state index in [1.165, 1.54) is 0 Å². The van der Waals surface area contributed by atoms with E-state index in [0.29, 0.717) is 6.61 Å². The third-order valence-electron chi connectivity index (χ3n) is 1.86. The summed E-state index contributed by atoms with van der Waals surface area (Å²) in [6, 6.07) is 7.23. The van der Waals surface area contributed by atoms with Gasteiger partial charge < -0.3 is 0 Å². The number of carbonyl (C=O) groups is 1. The van der Waals surface area contributed by atoms with Crippen LogP contribution in [0.3, 0.4) is 0 Å². The fourth-order valence-corrected chi connectivity index (χ4v) is 1.00. The molecular weight excluding hydrogens is 196 g/mol. The number of amides is 2. The second-order valence-electron chi connectivity index (χ2n) is 2.92. The number of benzene rings is 1. The van der Waals surface area contributed by atoms with Crippen LogP contribution in [0.2, 0.25) is 0 Å². The molecule has 0 spiro atoms.